The summed E-state index contributed by atoms with van der Waals surface area (Å²) in [7, 11) is 1.56. The third kappa shape index (κ3) is 3.52. The number of amides is 2. The number of aromatic nitrogens is 1. The normalized spacial score (nSPS) is 14.5. The second-order valence-corrected chi connectivity index (χ2v) is 6.04. The first kappa shape index (κ1) is 17.1. The van der Waals surface area contributed by atoms with Gasteiger partial charge in [-0.3, -0.25) is 9.59 Å². The standard InChI is InChI=1S/C19H23N3O3/c1-3-14-8-9-16(20-14)19(24)22-12-10-21(11-13-22)18(23)15-6-4-5-7-17(15)25-2/h4-9,20H,3,10-13H2,1-2H3. The van der Waals surface area contributed by atoms with E-state index in [4.69, 9.17) is 4.74 Å². The molecule has 6 nitrogen and oxygen atoms in total. The number of para-hydroxylation sites is 1. The van der Waals surface area contributed by atoms with Gasteiger partial charge in [-0.25, -0.2) is 0 Å². The van der Waals surface area contributed by atoms with E-state index in [1.807, 2.05) is 31.2 Å². The molecule has 2 heterocycles. The highest BCUT2D eigenvalue weighted by atomic mass is 16.5. The predicted octanol–water partition coefficient (Wildman–Crippen LogP) is 2.18. The molecule has 1 saturated heterocycles. The Labute approximate surface area is 147 Å². The number of aryl methyl sites for hydroxylation is 1. The van der Waals surface area contributed by atoms with Crippen LogP contribution >= 0.6 is 0 Å². The van der Waals surface area contributed by atoms with Crippen LogP contribution in [0.15, 0.2) is 36.4 Å². The summed E-state index contributed by atoms with van der Waals surface area (Å²) >= 11 is 0. The van der Waals surface area contributed by atoms with Crippen molar-refractivity contribution in [2.75, 3.05) is 33.3 Å². The molecule has 132 valence electrons. The molecule has 3 rings (SSSR count). The number of ether oxygens (including phenoxy) is 1. The van der Waals surface area contributed by atoms with Crippen LogP contribution in [0.5, 0.6) is 5.75 Å². The summed E-state index contributed by atoms with van der Waals surface area (Å²) in [6, 6.07) is 11.0. The van der Waals surface area contributed by atoms with Crippen molar-refractivity contribution in [3.63, 3.8) is 0 Å². The summed E-state index contributed by atoms with van der Waals surface area (Å²) in [4.78, 5) is 32.0. The minimum Gasteiger partial charge on any atom is -0.496 e. The van der Waals surface area contributed by atoms with Crippen molar-refractivity contribution >= 4 is 11.8 Å². The molecule has 0 atom stereocenters. The first-order chi connectivity index (χ1) is 12.1. The van der Waals surface area contributed by atoms with Crippen LogP contribution in [-0.4, -0.2) is 59.9 Å². The molecule has 1 aromatic heterocycles. The smallest absolute Gasteiger partial charge is 0.270 e. The average Bonchev–Trinajstić information content (AvgIpc) is 3.16. The lowest BCUT2D eigenvalue weighted by Gasteiger charge is -2.34. The van der Waals surface area contributed by atoms with E-state index in [1.54, 1.807) is 29.0 Å². The fraction of sp³-hybridized carbons (Fsp3) is 0.368. The number of carbonyl (C=O) groups excluding carboxylic acids is 2. The van der Waals surface area contributed by atoms with Gasteiger partial charge < -0.3 is 19.5 Å². The number of rotatable bonds is 4. The number of hydrogen-bond acceptors (Lipinski definition) is 3. The van der Waals surface area contributed by atoms with Crippen LogP contribution < -0.4 is 4.74 Å². The molecule has 0 radical (unpaired) electrons. The van der Waals surface area contributed by atoms with E-state index in [1.165, 1.54) is 0 Å². The molecule has 1 aliphatic rings. The fourth-order valence-corrected chi connectivity index (χ4v) is 3.05. The van der Waals surface area contributed by atoms with Crippen molar-refractivity contribution in [3.05, 3.63) is 53.3 Å². The summed E-state index contributed by atoms with van der Waals surface area (Å²) in [5.41, 5.74) is 2.22. The van der Waals surface area contributed by atoms with Gasteiger partial charge in [0.1, 0.15) is 11.4 Å². The van der Waals surface area contributed by atoms with E-state index in [2.05, 4.69) is 4.98 Å². The highest BCUT2D eigenvalue weighted by Crippen LogP contribution is 2.20. The Morgan fingerprint density at radius 1 is 1.00 bits per heavy atom. The largest absolute Gasteiger partial charge is 0.496 e. The molecule has 1 aliphatic heterocycles. The van der Waals surface area contributed by atoms with Crippen LogP contribution in [0.3, 0.4) is 0 Å². The van der Waals surface area contributed by atoms with Gasteiger partial charge in [-0.05, 0) is 30.7 Å². The zero-order valence-electron chi connectivity index (χ0n) is 14.6. The third-order valence-corrected chi connectivity index (χ3v) is 4.55. The summed E-state index contributed by atoms with van der Waals surface area (Å²) in [6.07, 6.45) is 0.870. The van der Waals surface area contributed by atoms with Crippen molar-refractivity contribution in [2.24, 2.45) is 0 Å². The van der Waals surface area contributed by atoms with Crippen LogP contribution in [-0.2, 0) is 6.42 Å². The fourth-order valence-electron chi connectivity index (χ4n) is 3.05. The van der Waals surface area contributed by atoms with Gasteiger partial charge in [-0.2, -0.15) is 0 Å². The van der Waals surface area contributed by atoms with Crippen molar-refractivity contribution in [1.29, 1.82) is 0 Å². The number of hydrogen-bond donors (Lipinski definition) is 1. The van der Waals surface area contributed by atoms with E-state index in [9.17, 15) is 9.59 Å². The summed E-state index contributed by atoms with van der Waals surface area (Å²) in [6.45, 7) is 4.14. The monoisotopic (exact) mass is 341 g/mol. The molecule has 0 unspecified atom stereocenters. The topological polar surface area (TPSA) is 65.6 Å². The molecule has 0 aliphatic carbocycles. The molecular weight excluding hydrogens is 318 g/mol. The molecule has 2 amide bonds. The van der Waals surface area contributed by atoms with E-state index in [-0.39, 0.29) is 11.8 Å². The number of H-pyrrole nitrogens is 1. The lowest BCUT2D eigenvalue weighted by molar-refractivity contribution is 0.0531. The lowest BCUT2D eigenvalue weighted by atomic mass is 10.1. The molecule has 1 N–H and O–H groups in total. The maximum atomic E-state index is 12.7. The van der Waals surface area contributed by atoms with Crippen LogP contribution in [0, 0.1) is 0 Å². The van der Waals surface area contributed by atoms with E-state index < -0.39 is 0 Å². The number of nitrogens with zero attached hydrogens (tertiary/aromatic N) is 2. The lowest BCUT2D eigenvalue weighted by Crippen LogP contribution is -2.50. The Kier molecular flexibility index (Phi) is 5.07. The van der Waals surface area contributed by atoms with Gasteiger partial charge in [0.25, 0.3) is 11.8 Å². The van der Waals surface area contributed by atoms with Gasteiger partial charge in [0.05, 0.1) is 12.7 Å². The second-order valence-electron chi connectivity index (χ2n) is 6.04. The van der Waals surface area contributed by atoms with Crippen molar-refractivity contribution < 1.29 is 14.3 Å². The third-order valence-electron chi connectivity index (χ3n) is 4.55. The molecule has 2 aromatic rings. The average molecular weight is 341 g/mol. The number of methoxy groups -OCH3 is 1. The predicted molar refractivity (Wildman–Crippen MR) is 95.0 cm³/mol. The molecular formula is C19H23N3O3. The molecule has 6 heteroatoms. The Balaban J connectivity index is 1.63. The number of nitrogens with one attached hydrogen (secondary N) is 1. The van der Waals surface area contributed by atoms with Crippen molar-refractivity contribution in [1.82, 2.24) is 14.8 Å². The first-order valence-electron chi connectivity index (χ1n) is 8.53. The van der Waals surface area contributed by atoms with Crippen LogP contribution in [0.4, 0.5) is 0 Å². The number of carbonyl (C=O) groups is 2. The van der Waals surface area contributed by atoms with Gasteiger partial charge in [0, 0.05) is 31.9 Å². The summed E-state index contributed by atoms with van der Waals surface area (Å²) < 4.78 is 5.27. The quantitative estimate of drug-likeness (QED) is 0.927. The van der Waals surface area contributed by atoms with Gasteiger partial charge >= 0.3 is 0 Å². The Hall–Kier alpha value is -2.76. The van der Waals surface area contributed by atoms with Crippen LogP contribution in [0.1, 0.15) is 33.5 Å². The van der Waals surface area contributed by atoms with E-state index >= 15 is 0 Å². The molecule has 1 fully saturated rings. The van der Waals surface area contributed by atoms with E-state index in [0.29, 0.717) is 43.2 Å². The Morgan fingerprint density at radius 3 is 2.24 bits per heavy atom. The first-order valence-corrected chi connectivity index (χ1v) is 8.53. The van der Waals surface area contributed by atoms with Crippen LogP contribution in [0.2, 0.25) is 0 Å². The maximum absolute atomic E-state index is 12.7. The SMILES string of the molecule is CCc1ccc(C(=O)N2CCN(C(=O)c3ccccc3OC)CC2)[nH]1. The highest BCUT2D eigenvalue weighted by Gasteiger charge is 2.27. The summed E-state index contributed by atoms with van der Waals surface area (Å²) in [5, 5.41) is 0. The van der Waals surface area contributed by atoms with Crippen molar-refractivity contribution in [2.45, 2.75) is 13.3 Å². The molecule has 0 bridgehead atoms. The molecule has 25 heavy (non-hydrogen) atoms. The van der Waals surface area contributed by atoms with Gasteiger partial charge in [-0.15, -0.1) is 0 Å². The maximum Gasteiger partial charge on any atom is 0.270 e. The highest BCUT2D eigenvalue weighted by molar-refractivity contribution is 5.97. The molecule has 0 saturated carbocycles. The van der Waals surface area contributed by atoms with Gasteiger partial charge in [-0.1, -0.05) is 19.1 Å². The van der Waals surface area contributed by atoms with Gasteiger partial charge in [0.2, 0.25) is 0 Å². The van der Waals surface area contributed by atoms with E-state index in [0.717, 1.165) is 12.1 Å². The zero-order chi connectivity index (χ0) is 17.8. The minimum atomic E-state index is -0.0577. The van der Waals surface area contributed by atoms with Crippen molar-refractivity contribution in [3.8, 4) is 5.75 Å². The van der Waals surface area contributed by atoms with Crippen LogP contribution in [0.25, 0.3) is 0 Å². The number of piperazine rings is 1. The summed E-state index contributed by atoms with van der Waals surface area (Å²) in [5.74, 6) is 0.506. The molecule has 0 spiro atoms. The number of benzene rings is 1. The zero-order valence-corrected chi connectivity index (χ0v) is 14.6. The number of aromatic amines is 1. The Morgan fingerprint density at radius 2 is 1.64 bits per heavy atom. The minimum absolute atomic E-state index is 0.0101. The Bertz CT molecular complexity index is 761. The molecule has 1 aromatic carbocycles. The second kappa shape index (κ2) is 7.42. The van der Waals surface area contributed by atoms with Gasteiger partial charge in [0.15, 0.2) is 0 Å².